The molecule has 1 fully saturated rings. The van der Waals surface area contributed by atoms with Gasteiger partial charge in [0, 0.05) is 41.4 Å². The first kappa shape index (κ1) is 22.3. The summed E-state index contributed by atoms with van der Waals surface area (Å²) in [5.41, 5.74) is 2.54. The Balaban J connectivity index is 1.63. The van der Waals surface area contributed by atoms with Crippen molar-refractivity contribution in [1.29, 1.82) is 0 Å². The summed E-state index contributed by atoms with van der Waals surface area (Å²) in [7, 11) is -2.72. The summed E-state index contributed by atoms with van der Waals surface area (Å²) in [5, 5.41) is 12.6. The highest BCUT2D eigenvalue weighted by atomic mass is 28.4. The van der Waals surface area contributed by atoms with E-state index in [1.807, 2.05) is 62.5 Å². The molecule has 1 spiro atoms. The number of fused-ring (bicyclic) bond motifs is 3. The molecular formula is C25H30N2O5Si. The number of aryl methyl sites for hydroxylation is 1. The SMILES string of the molecule is C[C@@H]1[C@@H]([Si](C)(C)O)[C@H](CCO)O[C@@]12C(=O)Nc1ccc(N3C(=O)CCc4ccccc43)cc12. The zero-order chi connectivity index (χ0) is 23.5. The van der Waals surface area contributed by atoms with Crippen LogP contribution < -0.4 is 10.2 Å². The van der Waals surface area contributed by atoms with Crippen LogP contribution in [0.3, 0.4) is 0 Å². The van der Waals surface area contributed by atoms with Crippen molar-refractivity contribution in [3.05, 3.63) is 53.6 Å². The number of hydrogen-bond donors (Lipinski definition) is 3. The molecule has 0 radical (unpaired) electrons. The third-order valence-corrected chi connectivity index (χ3v) is 9.99. The van der Waals surface area contributed by atoms with Crippen LogP contribution in [0.4, 0.5) is 17.1 Å². The van der Waals surface area contributed by atoms with Crippen molar-refractivity contribution in [3.8, 4) is 0 Å². The zero-order valence-electron chi connectivity index (χ0n) is 19.2. The van der Waals surface area contributed by atoms with Crippen LogP contribution in [0, 0.1) is 5.92 Å². The number of benzene rings is 2. The van der Waals surface area contributed by atoms with Crippen molar-refractivity contribution in [2.24, 2.45) is 5.92 Å². The van der Waals surface area contributed by atoms with Crippen LogP contribution in [0.2, 0.25) is 18.6 Å². The van der Waals surface area contributed by atoms with Gasteiger partial charge in [-0.15, -0.1) is 0 Å². The van der Waals surface area contributed by atoms with Crippen LogP contribution in [0.15, 0.2) is 42.5 Å². The molecule has 2 aromatic rings. The van der Waals surface area contributed by atoms with Gasteiger partial charge in [-0.3, -0.25) is 14.5 Å². The van der Waals surface area contributed by atoms with E-state index in [9.17, 15) is 19.5 Å². The first-order valence-corrected chi connectivity index (χ1v) is 14.6. The molecule has 33 heavy (non-hydrogen) atoms. The maximum Gasteiger partial charge on any atom is 0.261 e. The number of para-hydroxylation sites is 1. The molecule has 0 saturated carbocycles. The first-order valence-electron chi connectivity index (χ1n) is 11.6. The Morgan fingerprint density at radius 1 is 1.18 bits per heavy atom. The zero-order valence-corrected chi connectivity index (χ0v) is 20.2. The summed E-state index contributed by atoms with van der Waals surface area (Å²) in [6.45, 7) is 5.58. The lowest BCUT2D eigenvalue weighted by atomic mass is 9.82. The van der Waals surface area contributed by atoms with Crippen LogP contribution in [0.25, 0.3) is 0 Å². The number of ether oxygens (including phenoxy) is 1. The van der Waals surface area contributed by atoms with Gasteiger partial charge in [-0.05, 0) is 55.8 Å². The minimum atomic E-state index is -2.72. The van der Waals surface area contributed by atoms with Crippen molar-refractivity contribution in [3.63, 3.8) is 0 Å². The first-order chi connectivity index (χ1) is 15.7. The summed E-state index contributed by atoms with van der Waals surface area (Å²) < 4.78 is 6.48. The van der Waals surface area contributed by atoms with Gasteiger partial charge in [-0.1, -0.05) is 25.1 Å². The molecule has 3 aliphatic rings. The summed E-state index contributed by atoms with van der Waals surface area (Å²) >= 11 is 0. The standard InChI is InChI=1S/C25H30N2O5Si/c1-15-23(33(2,3)31)21(12-13-28)32-25(15)18-14-17(9-10-19(18)26-24(25)30)27-20-7-5-4-6-16(20)8-11-22(27)29/h4-7,9-10,14-15,21,23,28,31H,8,11-13H2,1-3H3,(H,26,30)/t15-,21+,23-,25+/m1/s1. The molecule has 3 heterocycles. The average molecular weight is 467 g/mol. The van der Waals surface area contributed by atoms with Gasteiger partial charge in [0.15, 0.2) is 13.9 Å². The summed E-state index contributed by atoms with van der Waals surface area (Å²) in [6.07, 6.45) is 1.07. The molecule has 3 aliphatic heterocycles. The molecule has 1 saturated heterocycles. The Bertz CT molecular complexity index is 1130. The predicted octanol–water partition coefficient (Wildman–Crippen LogP) is 3.43. The van der Waals surface area contributed by atoms with E-state index in [-0.39, 0.29) is 29.9 Å². The van der Waals surface area contributed by atoms with Crippen molar-refractivity contribution in [2.75, 3.05) is 16.8 Å². The number of amides is 2. The number of nitrogens with one attached hydrogen (secondary N) is 1. The van der Waals surface area contributed by atoms with E-state index in [0.717, 1.165) is 11.3 Å². The monoisotopic (exact) mass is 466 g/mol. The molecule has 174 valence electrons. The van der Waals surface area contributed by atoms with Crippen molar-refractivity contribution in [1.82, 2.24) is 0 Å². The van der Waals surface area contributed by atoms with Crippen LogP contribution in [-0.4, -0.2) is 42.7 Å². The van der Waals surface area contributed by atoms with E-state index in [2.05, 4.69) is 5.32 Å². The Morgan fingerprint density at radius 2 is 1.94 bits per heavy atom. The number of rotatable bonds is 4. The predicted molar refractivity (Wildman–Crippen MR) is 128 cm³/mol. The van der Waals surface area contributed by atoms with Crippen LogP contribution in [0.5, 0.6) is 0 Å². The lowest BCUT2D eigenvalue weighted by molar-refractivity contribution is -0.143. The van der Waals surface area contributed by atoms with E-state index >= 15 is 0 Å². The molecule has 4 atom stereocenters. The average Bonchev–Trinajstić information content (AvgIpc) is 3.22. The minimum absolute atomic E-state index is 0.0142. The molecule has 5 rings (SSSR count). The van der Waals surface area contributed by atoms with Crippen LogP contribution in [-0.2, 0) is 26.3 Å². The van der Waals surface area contributed by atoms with Crippen LogP contribution in [0.1, 0.15) is 30.9 Å². The van der Waals surface area contributed by atoms with Crippen molar-refractivity contribution >= 4 is 37.2 Å². The fourth-order valence-electron chi connectivity index (χ4n) is 6.13. The molecule has 8 heteroatoms. The normalized spacial score (nSPS) is 28.8. The Labute approximate surface area is 194 Å². The second-order valence-corrected chi connectivity index (χ2v) is 13.9. The second kappa shape index (κ2) is 7.77. The molecule has 3 N–H and O–H groups in total. The molecule has 0 aromatic heterocycles. The van der Waals surface area contributed by atoms with E-state index in [0.29, 0.717) is 36.2 Å². The summed E-state index contributed by atoms with van der Waals surface area (Å²) in [5.74, 6) is -0.530. The number of hydrogen-bond acceptors (Lipinski definition) is 5. The lowest BCUT2D eigenvalue weighted by Crippen LogP contribution is -2.43. The number of aliphatic hydroxyl groups is 1. The topological polar surface area (TPSA) is 99.1 Å². The quantitative estimate of drug-likeness (QED) is 0.600. The van der Waals surface area contributed by atoms with Gasteiger partial charge >= 0.3 is 0 Å². The third kappa shape index (κ3) is 3.27. The van der Waals surface area contributed by atoms with E-state index in [1.165, 1.54) is 0 Å². The Morgan fingerprint density at radius 3 is 2.67 bits per heavy atom. The van der Waals surface area contributed by atoms with E-state index < -0.39 is 20.0 Å². The van der Waals surface area contributed by atoms with Gasteiger partial charge in [0.25, 0.3) is 5.91 Å². The Kier molecular flexibility index (Phi) is 5.24. The van der Waals surface area contributed by atoms with Crippen molar-refractivity contribution < 1.29 is 24.2 Å². The fraction of sp³-hybridized carbons (Fsp3) is 0.440. The number of nitrogens with zero attached hydrogens (tertiary/aromatic N) is 1. The largest absolute Gasteiger partial charge is 0.432 e. The van der Waals surface area contributed by atoms with Crippen LogP contribution >= 0.6 is 0 Å². The molecule has 7 nitrogen and oxygen atoms in total. The summed E-state index contributed by atoms with van der Waals surface area (Å²) in [6, 6.07) is 13.4. The minimum Gasteiger partial charge on any atom is -0.432 e. The third-order valence-electron chi connectivity index (χ3n) is 7.48. The Hall–Kier alpha value is -2.52. The molecule has 0 unspecified atom stereocenters. The molecule has 0 bridgehead atoms. The highest BCUT2D eigenvalue weighted by Crippen LogP contribution is 2.58. The maximum absolute atomic E-state index is 13.4. The highest BCUT2D eigenvalue weighted by molar-refractivity contribution is 6.71. The molecule has 2 aromatic carbocycles. The van der Waals surface area contributed by atoms with Gasteiger partial charge in [-0.2, -0.15) is 0 Å². The van der Waals surface area contributed by atoms with Gasteiger partial charge in [0.05, 0.1) is 11.8 Å². The number of carbonyl (C=O) groups is 2. The van der Waals surface area contributed by atoms with Gasteiger partial charge in [-0.25, -0.2) is 0 Å². The second-order valence-electron chi connectivity index (χ2n) is 9.91. The highest BCUT2D eigenvalue weighted by Gasteiger charge is 2.64. The molecule has 0 aliphatic carbocycles. The smallest absolute Gasteiger partial charge is 0.261 e. The van der Waals surface area contributed by atoms with Gasteiger partial charge in [0.1, 0.15) is 0 Å². The van der Waals surface area contributed by atoms with Gasteiger partial charge in [0.2, 0.25) is 5.91 Å². The van der Waals surface area contributed by atoms with E-state index in [1.54, 1.807) is 4.90 Å². The number of anilines is 3. The lowest BCUT2D eigenvalue weighted by Gasteiger charge is -2.33. The summed E-state index contributed by atoms with van der Waals surface area (Å²) in [4.78, 5) is 39.2. The van der Waals surface area contributed by atoms with Crippen molar-refractivity contribution in [2.45, 2.75) is 56.5 Å². The number of carbonyl (C=O) groups excluding carboxylic acids is 2. The molecular weight excluding hydrogens is 436 g/mol. The fourth-order valence-corrected chi connectivity index (χ4v) is 8.73. The maximum atomic E-state index is 13.4. The van der Waals surface area contributed by atoms with Gasteiger partial charge < -0.3 is 20.0 Å². The molecule has 2 amide bonds. The van der Waals surface area contributed by atoms with E-state index in [4.69, 9.17) is 4.74 Å². The number of aliphatic hydroxyl groups excluding tert-OH is 1.